The number of rotatable bonds is 14. The molecule has 10 N–H and O–H groups in total. The van der Waals surface area contributed by atoms with Crippen LogP contribution in [0.5, 0.6) is 0 Å². The molecule has 0 aromatic heterocycles. The Kier molecular flexibility index (Phi) is 11.9. The number of carboxylic acid groups (broad SMARTS) is 2. The van der Waals surface area contributed by atoms with Crippen molar-refractivity contribution >= 4 is 35.6 Å². The second-order valence-electron chi connectivity index (χ2n) is 7.57. The number of aliphatic hydroxyl groups excluding tert-OH is 1. The summed E-state index contributed by atoms with van der Waals surface area (Å²) in [5.74, 6) is -6.94. The van der Waals surface area contributed by atoms with Crippen LogP contribution >= 0.6 is 0 Å². The number of hydrogen-bond acceptors (Lipinski definition) is 8. The Balaban J connectivity index is 5.41. The molecule has 0 radical (unpaired) electrons. The first-order valence-corrected chi connectivity index (χ1v) is 9.75. The van der Waals surface area contributed by atoms with Crippen molar-refractivity contribution in [3.05, 3.63) is 0 Å². The van der Waals surface area contributed by atoms with Crippen molar-refractivity contribution in [2.45, 2.75) is 70.3 Å². The summed E-state index contributed by atoms with van der Waals surface area (Å²) in [4.78, 5) is 70.5. The normalized spacial score (nSPS) is 15.6. The number of nitrogens with one attached hydrogen (secondary N) is 3. The zero-order valence-corrected chi connectivity index (χ0v) is 18.0. The first kappa shape index (κ1) is 28.7. The van der Waals surface area contributed by atoms with Gasteiger partial charge in [-0.15, -0.1) is 0 Å². The van der Waals surface area contributed by atoms with E-state index in [1.807, 2.05) is 5.32 Å². The van der Waals surface area contributed by atoms with Crippen LogP contribution in [-0.2, 0) is 28.8 Å². The molecule has 0 heterocycles. The highest BCUT2D eigenvalue weighted by Crippen LogP contribution is 2.06. The molecule has 0 aliphatic rings. The zero-order valence-electron chi connectivity index (χ0n) is 18.0. The van der Waals surface area contributed by atoms with E-state index in [-0.39, 0.29) is 12.8 Å². The molecular formula is C18H31N5O9. The number of primary amides is 1. The van der Waals surface area contributed by atoms with Crippen LogP contribution in [0.2, 0.25) is 0 Å². The summed E-state index contributed by atoms with van der Waals surface area (Å²) in [6.45, 7) is 4.27. The molecule has 0 saturated heterocycles. The Morgan fingerprint density at radius 3 is 1.78 bits per heavy atom. The molecule has 14 heteroatoms. The maximum atomic E-state index is 12.7. The summed E-state index contributed by atoms with van der Waals surface area (Å²) in [6.07, 6.45) is -2.69. The largest absolute Gasteiger partial charge is 0.481 e. The van der Waals surface area contributed by atoms with Gasteiger partial charge in [-0.05, 0) is 19.3 Å². The van der Waals surface area contributed by atoms with Gasteiger partial charge in [-0.1, -0.05) is 13.8 Å². The second-order valence-corrected chi connectivity index (χ2v) is 7.57. The molecule has 5 atom stereocenters. The lowest BCUT2D eigenvalue weighted by Gasteiger charge is -2.27. The number of amides is 4. The van der Waals surface area contributed by atoms with Crippen LogP contribution < -0.4 is 27.4 Å². The molecule has 0 bridgehead atoms. The van der Waals surface area contributed by atoms with Crippen molar-refractivity contribution in [3.8, 4) is 0 Å². The molecule has 0 rings (SSSR count). The first-order chi connectivity index (χ1) is 14.7. The van der Waals surface area contributed by atoms with Gasteiger partial charge in [0.1, 0.15) is 12.1 Å². The number of carboxylic acids is 2. The number of carbonyl (C=O) groups is 6. The van der Waals surface area contributed by atoms with Crippen LogP contribution in [0.4, 0.5) is 0 Å². The smallest absolute Gasteiger partial charge is 0.328 e. The summed E-state index contributed by atoms with van der Waals surface area (Å²) in [6, 6.07) is -5.71. The number of aliphatic carboxylic acids is 2. The Labute approximate surface area is 184 Å². The predicted octanol–water partition coefficient (Wildman–Crippen LogP) is -3.37. The van der Waals surface area contributed by atoms with Gasteiger partial charge in [-0.3, -0.25) is 24.0 Å². The molecule has 14 nitrogen and oxygen atoms in total. The van der Waals surface area contributed by atoms with Gasteiger partial charge in [-0.2, -0.15) is 0 Å². The van der Waals surface area contributed by atoms with Crippen molar-refractivity contribution in [3.63, 3.8) is 0 Å². The Bertz CT molecular complexity index is 726. The number of carbonyl (C=O) groups excluding carboxylic acids is 4. The highest BCUT2D eigenvalue weighted by molar-refractivity contribution is 5.96. The Morgan fingerprint density at radius 2 is 1.38 bits per heavy atom. The summed E-state index contributed by atoms with van der Waals surface area (Å²) in [7, 11) is 0. The third kappa shape index (κ3) is 10.2. The lowest BCUT2D eigenvalue weighted by atomic mass is 10.0. The van der Waals surface area contributed by atoms with E-state index in [0.717, 1.165) is 6.92 Å². The maximum absolute atomic E-state index is 12.7. The van der Waals surface area contributed by atoms with Gasteiger partial charge in [-0.25, -0.2) is 4.79 Å². The summed E-state index contributed by atoms with van der Waals surface area (Å²) >= 11 is 0. The van der Waals surface area contributed by atoms with Crippen LogP contribution in [0.25, 0.3) is 0 Å². The monoisotopic (exact) mass is 461 g/mol. The van der Waals surface area contributed by atoms with Crippen LogP contribution in [0, 0.1) is 5.92 Å². The van der Waals surface area contributed by atoms with Crippen molar-refractivity contribution in [2.75, 3.05) is 0 Å². The molecule has 0 aromatic carbocycles. The van der Waals surface area contributed by atoms with Crippen LogP contribution in [0.15, 0.2) is 0 Å². The van der Waals surface area contributed by atoms with Crippen molar-refractivity contribution in [1.82, 2.24) is 16.0 Å². The zero-order chi connectivity index (χ0) is 25.2. The molecule has 0 aromatic rings. The van der Waals surface area contributed by atoms with E-state index in [1.165, 1.54) is 0 Å². The van der Waals surface area contributed by atoms with Gasteiger partial charge in [0.15, 0.2) is 6.04 Å². The van der Waals surface area contributed by atoms with Crippen LogP contribution in [-0.4, -0.2) is 81.2 Å². The Hall–Kier alpha value is -3.26. The molecule has 0 saturated carbocycles. The van der Waals surface area contributed by atoms with E-state index >= 15 is 0 Å². The standard InChI is InChI=1S/C18H31N5O9/c1-7(2)13(22-15(28)9(19)4-5-12(26)27)17(30)21-10(6-11(20)25)16(29)23-14(8(3)24)18(31)32/h7-10,13-14,24H,4-6,19H2,1-3H3,(H2,20,25)(H,21,30)(H,22,28)(H,23,29)(H,26,27)(H,31,32). The van der Waals surface area contributed by atoms with E-state index < -0.39 is 78.2 Å². The summed E-state index contributed by atoms with van der Waals surface area (Å²) in [5.41, 5.74) is 10.7. The molecule has 0 spiro atoms. The maximum Gasteiger partial charge on any atom is 0.328 e. The SMILES string of the molecule is CC(C)C(NC(=O)C(N)CCC(=O)O)C(=O)NC(CC(N)=O)C(=O)NC(C(=O)O)C(C)O. The number of aliphatic hydroxyl groups is 1. The van der Waals surface area contributed by atoms with Gasteiger partial charge < -0.3 is 42.7 Å². The minimum absolute atomic E-state index is 0.170. The highest BCUT2D eigenvalue weighted by Gasteiger charge is 2.33. The average molecular weight is 461 g/mol. The van der Waals surface area contributed by atoms with Gasteiger partial charge in [0.25, 0.3) is 0 Å². The van der Waals surface area contributed by atoms with E-state index in [9.17, 15) is 33.9 Å². The van der Waals surface area contributed by atoms with Crippen LogP contribution in [0.1, 0.15) is 40.0 Å². The molecule has 182 valence electrons. The fraction of sp³-hybridized carbons (Fsp3) is 0.667. The first-order valence-electron chi connectivity index (χ1n) is 9.75. The molecule has 32 heavy (non-hydrogen) atoms. The van der Waals surface area contributed by atoms with E-state index in [0.29, 0.717) is 0 Å². The van der Waals surface area contributed by atoms with Crippen molar-refractivity contribution < 1.29 is 44.1 Å². The topological polar surface area (TPSA) is 251 Å². The molecule has 5 unspecified atom stereocenters. The van der Waals surface area contributed by atoms with Gasteiger partial charge >= 0.3 is 11.9 Å². The average Bonchev–Trinajstić information content (AvgIpc) is 2.65. The lowest BCUT2D eigenvalue weighted by molar-refractivity contribution is -0.145. The van der Waals surface area contributed by atoms with Gasteiger partial charge in [0, 0.05) is 6.42 Å². The minimum Gasteiger partial charge on any atom is -0.481 e. The molecular weight excluding hydrogens is 430 g/mol. The van der Waals surface area contributed by atoms with E-state index in [4.69, 9.17) is 21.7 Å². The van der Waals surface area contributed by atoms with Crippen LogP contribution in [0.3, 0.4) is 0 Å². The van der Waals surface area contributed by atoms with Crippen molar-refractivity contribution in [2.24, 2.45) is 17.4 Å². The second kappa shape index (κ2) is 13.2. The number of hydrogen-bond donors (Lipinski definition) is 8. The molecule has 0 fully saturated rings. The molecule has 4 amide bonds. The predicted molar refractivity (Wildman–Crippen MR) is 109 cm³/mol. The quantitative estimate of drug-likeness (QED) is 0.127. The highest BCUT2D eigenvalue weighted by atomic mass is 16.4. The summed E-state index contributed by atoms with van der Waals surface area (Å²) in [5, 5.41) is 33.9. The fourth-order valence-corrected chi connectivity index (χ4v) is 2.52. The Morgan fingerprint density at radius 1 is 0.844 bits per heavy atom. The van der Waals surface area contributed by atoms with Crippen molar-refractivity contribution in [1.29, 1.82) is 0 Å². The van der Waals surface area contributed by atoms with Gasteiger partial charge in [0.2, 0.25) is 23.6 Å². The molecule has 0 aliphatic heterocycles. The third-order valence-electron chi connectivity index (χ3n) is 4.34. The summed E-state index contributed by atoms with van der Waals surface area (Å²) < 4.78 is 0. The lowest BCUT2D eigenvalue weighted by Crippen LogP contribution is -2.59. The number of nitrogens with two attached hydrogens (primary N) is 2. The van der Waals surface area contributed by atoms with Gasteiger partial charge in [0.05, 0.1) is 18.6 Å². The third-order valence-corrected chi connectivity index (χ3v) is 4.34. The molecule has 0 aliphatic carbocycles. The van der Waals surface area contributed by atoms with E-state index in [2.05, 4.69) is 10.6 Å². The fourth-order valence-electron chi connectivity index (χ4n) is 2.52. The van der Waals surface area contributed by atoms with E-state index in [1.54, 1.807) is 13.8 Å². The minimum atomic E-state index is -1.71.